The SMILES string of the molecule is FC(F)(F)C(F)(F)C(F)(F)C(F)(F)C(F)(F)C(F)(F)C[C@H]1COC[C@@H]1CI. The lowest BCUT2D eigenvalue weighted by Gasteiger charge is -2.40. The fraction of sp³-hybridized carbons (Fsp3) is 1.00. The highest BCUT2D eigenvalue weighted by Crippen LogP contribution is 2.61. The molecule has 1 heterocycles. The standard InChI is InChI=1S/C12H10F13IO/c13-7(14,1-5-3-27-4-6(5)2-26)8(15,16)9(17,18)10(19,20)11(21,22)12(23,24)25/h5-6H,1-4H2/t5-,6-/m0/s1. The number of hydrogen-bond donors (Lipinski definition) is 0. The first-order valence-electron chi connectivity index (χ1n) is 6.87. The molecule has 1 saturated heterocycles. The second kappa shape index (κ2) is 7.23. The van der Waals surface area contributed by atoms with Gasteiger partial charge in [0.05, 0.1) is 6.61 Å². The van der Waals surface area contributed by atoms with E-state index in [-0.39, 0.29) is 11.0 Å². The Morgan fingerprint density at radius 3 is 1.44 bits per heavy atom. The number of halogens is 14. The number of ether oxygens (including phenoxy) is 1. The van der Waals surface area contributed by atoms with Crippen LogP contribution in [0.4, 0.5) is 57.1 Å². The molecular formula is C12H10F13IO. The van der Waals surface area contributed by atoms with E-state index in [4.69, 9.17) is 0 Å². The summed E-state index contributed by atoms with van der Waals surface area (Å²) in [5.74, 6) is -38.9. The zero-order chi connectivity index (χ0) is 21.7. The summed E-state index contributed by atoms with van der Waals surface area (Å²) >= 11 is 1.62. The molecular weight excluding hydrogens is 534 g/mol. The van der Waals surface area contributed by atoms with Crippen molar-refractivity contribution in [2.24, 2.45) is 11.8 Å². The molecule has 0 saturated carbocycles. The molecule has 1 fully saturated rings. The Morgan fingerprint density at radius 1 is 0.630 bits per heavy atom. The van der Waals surface area contributed by atoms with Crippen molar-refractivity contribution < 1.29 is 61.8 Å². The molecule has 0 bridgehead atoms. The summed E-state index contributed by atoms with van der Waals surface area (Å²) in [5.41, 5.74) is 0. The van der Waals surface area contributed by atoms with Gasteiger partial charge in [0.1, 0.15) is 0 Å². The van der Waals surface area contributed by atoms with Crippen molar-refractivity contribution in [1.82, 2.24) is 0 Å². The van der Waals surface area contributed by atoms with Crippen molar-refractivity contribution in [3.63, 3.8) is 0 Å². The Bertz CT molecular complexity index is 530. The van der Waals surface area contributed by atoms with E-state index in [1.165, 1.54) is 0 Å². The Balaban J connectivity index is 3.29. The molecule has 0 aliphatic carbocycles. The van der Waals surface area contributed by atoms with Gasteiger partial charge in [-0.2, -0.15) is 57.1 Å². The Labute approximate surface area is 156 Å². The minimum atomic E-state index is -7.85. The van der Waals surface area contributed by atoms with Gasteiger partial charge in [-0.3, -0.25) is 0 Å². The van der Waals surface area contributed by atoms with Crippen molar-refractivity contribution >= 4 is 22.6 Å². The summed E-state index contributed by atoms with van der Waals surface area (Å²) in [5, 5.41) is 0. The number of hydrogen-bond acceptors (Lipinski definition) is 1. The molecule has 0 aromatic heterocycles. The van der Waals surface area contributed by atoms with Crippen molar-refractivity contribution in [3.05, 3.63) is 0 Å². The molecule has 2 atom stereocenters. The fourth-order valence-corrected chi connectivity index (χ4v) is 3.27. The first-order chi connectivity index (χ1) is 11.8. The van der Waals surface area contributed by atoms with Gasteiger partial charge in [0.15, 0.2) is 0 Å². The number of alkyl halides is 14. The molecule has 1 aliphatic heterocycles. The van der Waals surface area contributed by atoms with Crippen LogP contribution in [-0.4, -0.2) is 53.4 Å². The first kappa shape index (κ1) is 24.8. The highest BCUT2D eigenvalue weighted by Gasteiger charge is 2.90. The maximum atomic E-state index is 13.7. The topological polar surface area (TPSA) is 9.23 Å². The van der Waals surface area contributed by atoms with Gasteiger partial charge >= 0.3 is 35.8 Å². The van der Waals surface area contributed by atoms with Crippen molar-refractivity contribution in [1.29, 1.82) is 0 Å². The molecule has 27 heavy (non-hydrogen) atoms. The third-order valence-corrected chi connectivity index (χ3v) is 5.18. The normalized spacial score (nSPS) is 23.8. The van der Waals surface area contributed by atoms with Crippen LogP contribution in [0, 0.1) is 11.8 Å². The van der Waals surface area contributed by atoms with E-state index < -0.39 is 60.7 Å². The van der Waals surface area contributed by atoms with E-state index in [2.05, 4.69) is 4.74 Å². The molecule has 1 rings (SSSR count). The quantitative estimate of drug-likeness (QED) is 0.224. The third kappa shape index (κ3) is 3.82. The molecule has 0 radical (unpaired) electrons. The van der Waals surface area contributed by atoms with Gasteiger partial charge in [-0.25, -0.2) is 0 Å². The molecule has 0 N–H and O–H groups in total. The molecule has 0 spiro atoms. The van der Waals surface area contributed by atoms with Crippen LogP contribution >= 0.6 is 22.6 Å². The lowest BCUT2D eigenvalue weighted by atomic mass is 9.85. The van der Waals surface area contributed by atoms with Gasteiger partial charge in [0.25, 0.3) is 0 Å². The minimum Gasteiger partial charge on any atom is -0.381 e. The number of rotatable bonds is 7. The van der Waals surface area contributed by atoms with Crippen LogP contribution in [0.2, 0.25) is 0 Å². The van der Waals surface area contributed by atoms with E-state index in [1.807, 2.05) is 0 Å². The van der Waals surface area contributed by atoms with Crippen LogP contribution in [-0.2, 0) is 4.74 Å². The Kier molecular flexibility index (Phi) is 6.65. The highest BCUT2D eigenvalue weighted by molar-refractivity contribution is 14.1. The van der Waals surface area contributed by atoms with Gasteiger partial charge in [0, 0.05) is 17.5 Å². The molecule has 1 aliphatic rings. The van der Waals surface area contributed by atoms with Gasteiger partial charge in [-0.05, 0) is 11.8 Å². The van der Waals surface area contributed by atoms with E-state index in [0.717, 1.165) is 0 Å². The molecule has 162 valence electrons. The zero-order valence-electron chi connectivity index (χ0n) is 12.7. The minimum absolute atomic E-state index is 0.0305. The molecule has 1 nitrogen and oxygen atoms in total. The van der Waals surface area contributed by atoms with Gasteiger partial charge in [-0.1, -0.05) is 22.6 Å². The van der Waals surface area contributed by atoms with Gasteiger partial charge in [0.2, 0.25) is 0 Å². The zero-order valence-corrected chi connectivity index (χ0v) is 14.8. The maximum absolute atomic E-state index is 13.7. The van der Waals surface area contributed by atoms with E-state index in [0.29, 0.717) is 0 Å². The van der Waals surface area contributed by atoms with Crippen LogP contribution < -0.4 is 0 Å². The Hall–Kier alpha value is -0.220. The van der Waals surface area contributed by atoms with Gasteiger partial charge < -0.3 is 4.74 Å². The summed E-state index contributed by atoms with van der Waals surface area (Å²) in [7, 11) is 0. The van der Waals surface area contributed by atoms with E-state index in [9.17, 15) is 57.1 Å². The van der Waals surface area contributed by atoms with Crippen molar-refractivity contribution in [3.8, 4) is 0 Å². The van der Waals surface area contributed by atoms with Crippen molar-refractivity contribution in [2.45, 2.75) is 42.2 Å². The van der Waals surface area contributed by atoms with E-state index in [1.54, 1.807) is 22.6 Å². The fourth-order valence-electron chi connectivity index (χ4n) is 2.30. The predicted octanol–water partition coefficient (Wildman–Crippen LogP) is 5.81. The third-order valence-electron chi connectivity index (χ3n) is 4.05. The summed E-state index contributed by atoms with van der Waals surface area (Å²) in [6.45, 7) is -0.853. The second-order valence-electron chi connectivity index (χ2n) is 5.92. The lowest BCUT2D eigenvalue weighted by Crippen LogP contribution is -2.70. The highest BCUT2D eigenvalue weighted by atomic mass is 127. The molecule has 15 heteroatoms. The average molecular weight is 544 g/mol. The van der Waals surface area contributed by atoms with Crippen LogP contribution in [0.3, 0.4) is 0 Å². The molecule has 0 aromatic carbocycles. The van der Waals surface area contributed by atoms with Crippen LogP contribution in [0.25, 0.3) is 0 Å². The van der Waals surface area contributed by atoms with Crippen LogP contribution in [0.1, 0.15) is 6.42 Å². The van der Waals surface area contributed by atoms with Crippen LogP contribution in [0.15, 0.2) is 0 Å². The van der Waals surface area contributed by atoms with Gasteiger partial charge in [-0.15, -0.1) is 0 Å². The van der Waals surface area contributed by atoms with Crippen molar-refractivity contribution in [2.75, 3.05) is 17.6 Å². The summed E-state index contributed by atoms with van der Waals surface area (Å²) < 4.78 is 173. The summed E-state index contributed by atoms with van der Waals surface area (Å²) in [6.07, 6.45) is -9.56. The maximum Gasteiger partial charge on any atom is 0.460 e. The lowest BCUT2D eigenvalue weighted by molar-refractivity contribution is -0.440. The summed E-state index contributed by atoms with van der Waals surface area (Å²) in [4.78, 5) is 0. The van der Waals surface area contributed by atoms with E-state index >= 15 is 0 Å². The molecule has 0 amide bonds. The predicted molar refractivity (Wildman–Crippen MR) is 72.1 cm³/mol. The largest absolute Gasteiger partial charge is 0.460 e. The monoisotopic (exact) mass is 544 g/mol. The first-order valence-corrected chi connectivity index (χ1v) is 8.40. The second-order valence-corrected chi connectivity index (χ2v) is 6.80. The summed E-state index contributed by atoms with van der Waals surface area (Å²) in [6, 6.07) is 0. The Morgan fingerprint density at radius 2 is 1.04 bits per heavy atom. The van der Waals surface area contributed by atoms with Crippen LogP contribution in [0.5, 0.6) is 0 Å². The molecule has 0 unspecified atom stereocenters. The smallest absolute Gasteiger partial charge is 0.381 e. The molecule has 0 aromatic rings. The average Bonchev–Trinajstić information content (AvgIpc) is 2.91.